The molecule has 0 aromatic heterocycles. The number of ether oxygens (including phenoxy) is 1. The van der Waals surface area contributed by atoms with Crippen LogP contribution in [0.1, 0.15) is 18.4 Å². The van der Waals surface area contributed by atoms with Crippen LogP contribution < -0.4 is 15.4 Å². The first-order valence-corrected chi connectivity index (χ1v) is 5.81. The molecule has 4 nitrogen and oxygen atoms in total. The molecule has 94 valence electrons. The first kappa shape index (κ1) is 13.5. The van der Waals surface area contributed by atoms with E-state index in [0.717, 1.165) is 24.3 Å². The molecule has 0 bridgehead atoms. The van der Waals surface area contributed by atoms with Gasteiger partial charge in [-0.1, -0.05) is 18.2 Å². The number of hydrogen-bond donors (Lipinski definition) is 2. The van der Waals surface area contributed by atoms with E-state index < -0.39 is 0 Å². The summed E-state index contributed by atoms with van der Waals surface area (Å²) in [6.45, 7) is 1.38. The third kappa shape index (κ3) is 4.87. The highest BCUT2D eigenvalue weighted by Crippen LogP contribution is 2.16. The maximum atomic E-state index is 11.5. The second-order valence-electron chi connectivity index (χ2n) is 3.80. The lowest BCUT2D eigenvalue weighted by Gasteiger charge is -2.09. The molecule has 0 aliphatic heterocycles. The number of carbonyl (C=O) groups is 1. The monoisotopic (exact) mass is 236 g/mol. The normalized spacial score (nSPS) is 10.0. The zero-order valence-electron chi connectivity index (χ0n) is 10.5. The van der Waals surface area contributed by atoms with E-state index in [0.29, 0.717) is 13.0 Å². The van der Waals surface area contributed by atoms with Gasteiger partial charge in [0.2, 0.25) is 5.91 Å². The van der Waals surface area contributed by atoms with Gasteiger partial charge in [-0.05, 0) is 26.1 Å². The Balaban J connectivity index is 2.36. The average molecular weight is 236 g/mol. The van der Waals surface area contributed by atoms with Crippen LogP contribution in [0.2, 0.25) is 0 Å². The molecule has 0 aliphatic carbocycles. The van der Waals surface area contributed by atoms with Crippen LogP contribution in [0.15, 0.2) is 24.3 Å². The van der Waals surface area contributed by atoms with Crippen molar-refractivity contribution in [3.05, 3.63) is 29.8 Å². The van der Waals surface area contributed by atoms with E-state index in [4.69, 9.17) is 4.74 Å². The van der Waals surface area contributed by atoms with Gasteiger partial charge in [-0.25, -0.2) is 0 Å². The van der Waals surface area contributed by atoms with Gasteiger partial charge in [0.05, 0.1) is 7.11 Å². The van der Waals surface area contributed by atoms with Crippen LogP contribution in [-0.2, 0) is 11.3 Å². The van der Waals surface area contributed by atoms with Gasteiger partial charge in [-0.2, -0.15) is 0 Å². The van der Waals surface area contributed by atoms with Crippen LogP contribution in [0, 0.1) is 0 Å². The summed E-state index contributed by atoms with van der Waals surface area (Å²) in [5, 5.41) is 5.90. The molecule has 0 atom stereocenters. The van der Waals surface area contributed by atoms with Crippen molar-refractivity contribution < 1.29 is 9.53 Å². The SMILES string of the molecule is CNCCCC(=O)NCc1ccccc1OC. The Labute approximate surface area is 102 Å². The molecular weight excluding hydrogens is 216 g/mol. The Bertz CT molecular complexity index is 353. The third-order valence-electron chi connectivity index (χ3n) is 2.50. The largest absolute Gasteiger partial charge is 0.496 e. The van der Waals surface area contributed by atoms with Gasteiger partial charge in [-0.15, -0.1) is 0 Å². The molecule has 1 amide bonds. The van der Waals surface area contributed by atoms with Gasteiger partial charge in [0, 0.05) is 18.5 Å². The third-order valence-corrected chi connectivity index (χ3v) is 2.50. The first-order valence-electron chi connectivity index (χ1n) is 5.81. The summed E-state index contributed by atoms with van der Waals surface area (Å²) >= 11 is 0. The van der Waals surface area contributed by atoms with E-state index in [9.17, 15) is 4.79 Å². The number of carbonyl (C=O) groups excluding carboxylic acids is 1. The van der Waals surface area contributed by atoms with Crippen molar-refractivity contribution in [3.63, 3.8) is 0 Å². The van der Waals surface area contributed by atoms with Crippen molar-refractivity contribution in [2.24, 2.45) is 0 Å². The Morgan fingerprint density at radius 3 is 2.82 bits per heavy atom. The molecule has 1 aromatic carbocycles. The van der Waals surface area contributed by atoms with Crippen LogP contribution in [0.25, 0.3) is 0 Å². The second-order valence-corrected chi connectivity index (χ2v) is 3.80. The van der Waals surface area contributed by atoms with E-state index in [2.05, 4.69) is 10.6 Å². The molecule has 0 unspecified atom stereocenters. The van der Waals surface area contributed by atoms with Crippen LogP contribution in [0.4, 0.5) is 0 Å². The van der Waals surface area contributed by atoms with Crippen molar-refractivity contribution in [3.8, 4) is 5.75 Å². The van der Waals surface area contributed by atoms with E-state index in [1.807, 2.05) is 31.3 Å². The molecule has 0 heterocycles. The average Bonchev–Trinajstić information content (AvgIpc) is 2.37. The maximum absolute atomic E-state index is 11.5. The summed E-state index contributed by atoms with van der Waals surface area (Å²) in [6, 6.07) is 7.69. The zero-order chi connectivity index (χ0) is 12.5. The molecule has 0 radical (unpaired) electrons. The highest BCUT2D eigenvalue weighted by atomic mass is 16.5. The van der Waals surface area contributed by atoms with Crippen molar-refractivity contribution in [1.82, 2.24) is 10.6 Å². The number of para-hydroxylation sites is 1. The fourth-order valence-electron chi connectivity index (χ4n) is 1.56. The van der Waals surface area contributed by atoms with Crippen molar-refractivity contribution in [2.45, 2.75) is 19.4 Å². The predicted octanol–water partition coefficient (Wildman–Crippen LogP) is 1.31. The lowest BCUT2D eigenvalue weighted by molar-refractivity contribution is -0.121. The van der Waals surface area contributed by atoms with E-state index in [1.54, 1.807) is 7.11 Å². The minimum absolute atomic E-state index is 0.0751. The maximum Gasteiger partial charge on any atom is 0.220 e. The molecule has 2 N–H and O–H groups in total. The van der Waals surface area contributed by atoms with Crippen LogP contribution >= 0.6 is 0 Å². The summed E-state index contributed by atoms with van der Waals surface area (Å²) < 4.78 is 5.21. The highest BCUT2D eigenvalue weighted by Gasteiger charge is 2.04. The topological polar surface area (TPSA) is 50.4 Å². The lowest BCUT2D eigenvalue weighted by atomic mass is 10.2. The molecule has 0 fully saturated rings. The highest BCUT2D eigenvalue weighted by molar-refractivity contribution is 5.75. The van der Waals surface area contributed by atoms with Gasteiger partial charge in [0.15, 0.2) is 0 Å². The van der Waals surface area contributed by atoms with Crippen molar-refractivity contribution >= 4 is 5.91 Å². The Morgan fingerprint density at radius 2 is 2.12 bits per heavy atom. The minimum atomic E-state index is 0.0751. The summed E-state index contributed by atoms with van der Waals surface area (Å²) in [6.07, 6.45) is 1.41. The number of benzene rings is 1. The Kier molecular flexibility index (Phi) is 6.10. The van der Waals surface area contributed by atoms with Crippen LogP contribution in [-0.4, -0.2) is 26.6 Å². The molecule has 0 saturated carbocycles. The van der Waals surface area contributed by atoms with Crippen LogP contribution in [0.3, 0.4) is 0 Å². The smallest absolute Gasteiger partial charge is 0.220 e. The number of rotatable bonds is 7. The second kappa shape index (κ2) is 7.68. The van der Waals surface area contributed by atoms with Gasteiger partial charge < -0.3 is 15.4 Å². The lowest BCUT2D eigenvalue weighted by Crippen LogP contribution is -2.23. The molecular formula is C13H20N2O2. The number of nitrogens with one attached hydrogen (secondary N) is 2. The quantitative estimate of drug-likeness (QED) is 0.702. The Hall–Kier alpha value is -1.55. The van der Waals surface area contributed by atoms with Crippen molar-refractivity contribution in [2.75, 3.05) is 20.7 Å². The van der Waals surface area contributed by atoms with Crippen molar-refractivity contribution in [1.29, 1.82) is 0 Å². The number of hydrogen-bond acceptors (Lipinski definition) is 3. The standard InChI is InChI=1S/C13H20N2O2/c1-14-9-5-8-13(16)15-10-11-6-3-4-7-12(11)17-2/h3-4,6-7,14H,5,8-10H2,1-2H3,(H,15,16). The van der Waals surface area contributed by atoms with E-state index in [1.165, 1.54) is 0 Å². The molecule has 0 aliphatic rings. The number of methoxy groups -OCH3 is 1. The molecule has 1 rings (SSSR count). The summed E-state index contributed by atoms with van der Waals surface area (Å²) in [4.78, 5) is 11.5. The molecule has 0 saturated heterocycles. The molecule has 4 heteroatoms. The zero-order valence-corrected chi connectivity index (χ0v) is 10.5. The fraction of sp³-hybridized carbons (Fsp3) is 0.462. The number of amides is 1. The van der Waals surface area contributed by atoms with E-state index >= 15 is 0 Å². The van der Waals surface area contributed by atoms with E-state index in [-0.39, 0.29) is 5.91 Å². The van der Waals surface area contributed by atoms with Gasteiger partial charge >= 0.3 is 0 Å². The van der Waals surface area contributed by atoms with Crippen LogP contribution in [0.5, 0.6) is 5.75 Å². The summed E-state index contributed by atoms with van der Waals surface area (Å²) in [7, 11) is 3.51. The fourth-order valence-corrected chi connectivity index (χ4v) is 1.56. The summed E-state index contributed by atoms with van der Waals surface area (Å²) in [5.41, 5.74) is 0.997. The van der Waals surface area contributed by atoms with Gasteiger partial charge in [-0.3, -0.25) is 4.79 Å². The predicted molar refractivity (Wildman–Crippen MR) is 68.0 cm³/mol. The molecule has 17 heavy (non-hydrogen) atoms. The Morgan fingerprint density at radius 1 is 1.35 bits per heavy atom. The summed E-state index contributed by atoms with van der Waals surface area (Å²) in [5.74, 6) is 0.884. The molecule has 0 spiro atoms. The minimum Gasteiger partial charge on any atom is -0.496 e. The van der Waals surface area contributed by atoms with Gasteiger partial charge in [0.25, 0.3) is 0 Å². The first-order chi connectivity index (χ1) is 8.27. The van der Waals surface area contributed by atoms with Gasteiger partial charge in [0.1, 0.15) is 5.75 Å². The molecule has 1 aromatic rings.